The second-order valence-corrected chi connectivity index (χ2v) is 5.85. The number of carboxylic acids is 1. The summed E-state index contributed by atoms with van der Waals surface area (Å²) in [4.78, 5) is 21.9. The molecule has 0 saturated carbocycles. The molecule has 3 N–H and O–H groups in total. The van der Waals surface area contributed by atoms with Gasteiger partial charge in [0.2, 0.25) is 5.91 Å². The van der Waals surface area contributed by atoms with Crippen molar-refractivity contribution in [3.63, 3.8) is 0 Å². The molecule has 7 nitrogen and oxygen atoms in total. The van der Waals surface area contributed by atoms with Crippen LogP contribution in [0, 0.1) is 0 Å². The maximum atomic E-state index is 11.0. The second-order valence-electron chi connectivity index (χ2n) is 4.90. The van der Waals surface area contributed by atoms with Crippen LogP contribution in [0.25, 0.3) is 0 Å². The molecule has 1 aromatic heterocycles. The van der Waals surface area contributed by atoms with E-state index in [9.17, 15) is 9.59 Å². The van der Waals surface area contributed by atoms with Crippen LogP contribution >= 0.6 is 11.8 Å². The fourth-order valence-corrected chi connectivity index (χ4v) is 3.07. The van der Waals surface area contributed by atoms with Crippen LogP contribution in [0.2, 0.25) is 0 Å². The van der Waals surface area contributed by atoms with Crippen molar-refractivity contribution in [3.8, 4) is 0 Å². The van der Waals surface area contributed by atoms with Gasteiger partial charge in [0.05, 0.1) is 5.56 Å². The Bertz CT molecular complexity index is 714. The molecule has 0 spiro atoms. The summed E-state index contributed by atoms with van der Waals surface area (Å²) in [5, 5.41) is 18.0. The number of benzene rings is 1. The summed E-state index contributed by atoms with van der Waals surface area (Å²) in [7, 11) is 0. The summed E-state index contributed by atoms with van der Waals surface area (Å²) < 4.78 is 1.94. The normalized spacial score (nSPS) is 10.7. The van der Waals surface area contributed by atoms with E-state index in [0.717, 1.165) is 16.5 Å². The smallest absolute Gasteiger partial charge is 0.335 e. The molecule has 0 fully saturated rings. The molecule has 122 valence electrons. The zero-order valence-corrected chi connectivity index (χ0v) is 13.5. The number of hydrogen-bond donors (Lipinski definition) is 2. The van der Waals surface area contributed by atoms with Gasteiger partial charge in [0, 0.05) is 25.1 Å². The molecule has 23 heavy (non-hydrogen) atoms. The lowest BCUT2D eigenvalue weighted by Gasteiger charge is -2.07. The highest BCUT2D eigenvalue weighted by Gasteiger charge is 2.12. The lowest BCUT2D eigenvalue weighted by Crippen LogP contribution is -2.13. The van der Waals surface area contributed by atoms with Crippen molar-refractivity contribution in [1.29, 1.82) is 0 Å². The van der Waals surface area contributed by atoms with Crippen molar-refractivity contribution in [2.24, 2.45) is 5.73 Å². The molecule has 1 amide bonds. The average molecular weight is 334 g/mol. The predicted molar refractivity (Wildman–Crippen MR) is 86.2 cm³/mol. The highest BCUT2D eigenvalue weighted by molar-refractivity contribution is 7.98. The maximum Gasteiger partial charge on any atom is 0.335 e. The minimum atomic E-state index is -0.942. The van der Waals surface area contributed by atoms with Gasteiger partial charge in [-0.2, -0.15) is 0 Å². The molecule has 0 radical (unpaired) electrons. The van der Waals surface area contributed by atoms with Crippen LogP contribution in [0.5, 0.6) is 0 Å². The number of thioether (sulfide) groups is 1. The van der Waals surface area contributed by atoms with Gasteiger partial charge in [-0.1, -0.05) is 23.9 Å². The molecule has 0 bridgehead atoms. The minimum Gasteiger partial charge on any atom is -0.478 e. The summed E-state index contributed by atoms with van der Waals surface area (Å²) in [6.07, 6.45) is 0.703. The first-order valence-corrected chi connectivity index (χ1v) is 8.15. The molecule has 2 rings (SSSR count). The molecule has 0 saturated heterocycles. The van der Waals surface area contributed by atoms with Crippen LogP contribution in [0.15, 0.2) is 29.4 Å². The first-order valence-electron chi connectivity index (χ1n) is 7.16. The third-order valence-corrected chi connectivity index (χ3v) is 4.28. The van der Waals surface area contributed by atoms with Gasteiger partial charge in [-0.25, -0.2) is 4.79 Å². The van der Waals surface area contributed by atoms with Gasteiger partial charge in [-0.05, 0) is 24.6 Å². The number of rotatable bonds is 8. The van der Waals surface area contributed by atoms with Gasteiger partial charge >= 0.3 is 5.97 Å². The second kappa shape index (κ2) is 7.77. The molecule has 8 heteroatoms. The number of carboxylic acid groups (broad SMARTS) is 1. The van der Waals surface area contributed by atoms with E-state index in [2.05, 4.69) is 10.2 Å². The summed E-state index contributed by atoms with van der Waals surface area (Å²) in [5.74, 6) is 0.0143. The van der Waals surface area contributed by atoms with Crippen LogP contribution in [0.3, 0.4) is 0 Å². The van der Waals surface area contributed by atoms with E-state index in [4.69, 9.17) is 10.8 Å². The van der Waals surface area contributed by atoms with E-state index >= 15 is 0 Å². The first-order chi connectivity index (χ1) is 11.0. The van der Waals surface area contributed by atoms with E-state index in [1.165, 1.54) is 11.8 Å². The van der Waals surface area contributed by atoms with Crippen molar-refractivity contribution in [3.05, 3.63) is 41.2 Å². The quantitative estimate of drug-likeness (QED) is 0.711. The molecule has 2 aromatic rings. The Hall–Kier alpha value is -2.35. The van der Waals surface area contributed by atoms with Crippen LogP contribution in [-0.4, -0.2) is 31.7 Å². The number of primary amides is 1. The molecule has 0 aliphatic rings. The van der Waals surface area contributed by atoms with Crippen LogP contribution in [-0.2, 0) is 23.5 Å². The fourth-order valence-electron chi connectivity index (χ4n) is 2.11. The third-order valence-electron chi connectivity index (χ3n) is 3.25. The van der Waals surface area contributed by atoms with E-state index in [1.807, 2.05) is 17.6 Å². The van der Waals surface area contributed by atoms with E-state index in [0.29, 0.717) is 18.7 Å². The lowest BCUT2D eigenvalue weighted by molar-refractivity contribution is -0.118. The van der Waals surface area contributed by atoms with Crippen LogP contribution < -0.4 is 5.73 Å². The van der Waals surface area contributed by atoms with Gasteiger partial charge in [-0.15, -0.1) is 10.2 Å². The molecular formula is C15H18N4O3S. The highest BCUT2D eigenvalue weighted by atomic mass is 32.2. The van der Waals surface area contributed by atoms with Gasteiger partial charge in [0.1, 0.15) is 5.82 Å². The molecular weight excluding hydrogens is 316 g/mol. The summed E-state index contributed by atoms with van der Waals surface area (Å²) in [6, 6.07) is 6.81. The summed E-state index contributed by atoms with van der Waals surface area (Å²) >= 11 is 1.48. The first kappa shape index (κ1) is 17.0. The molecule has 0 unspecified atom stereocenters. The number of aromatic nitrogens is 3. The van der Waals surface area contributed by atoms with E-state index in [1.54, 1.807) is 18.2 Å². The van der Waals surface area contributed by atoms with Crippen molar-refractivity contribution in [2.45, 2.75) is 37.2 Å². The fraction of sp³-hybridized carbons (Fsp3) is 0.333. The Morgan fingerprint density at radius 3 is 2.78 bits per heavy atom. The summed E-state index contributed by atoms with van der Waals surface area (Å²) in [6.45, 7) is 2.67. The molecule has 1 heterocycles. The van der Waals surface area contributed by atoms with E-state index < -0.39 is 5.97 Å². The zero-order chi connectivity index (χ0) is 16.8. The molecule has 0 aliphatic heterocycles. The number of aromatic carboxylic acids is 1. The highest BCUT2D eigenvalue weighted by Crippen LogP contribution is 2.23. The monoisotopic (exact) mass is 334 g/mol. The predicted octanol–water partition coefficient (Wildman–Crippen LogP) is 1.71. The zero-order valence-electron chi connectivity index (χ0n) is 12.7. The van der Waals surface area contributed by atoms with E-state index in [-0.39, 0.29) is 17.9 Å². The topological polar surface area (TPSA) is 111 Å². The number of nitrogens with zero attached hydrogens (tertiary/aromatic N) is 3. The average Bonchev–Trinajstić information content (AvgIpc) is 2.93. The Balaban J connectivity index is 2.07. The van der Waals surface area contributed by atoms with Crippen molar-refractivity contribution in [2.75, 3.05) is 0 Å². The molecule has 1 aromatic carbocycles. The third kappa shape index (κ3) is 4.56. The molecule has 0 atom stereocenters. The van der Waals surface area contributed by atoms with Gasteiger partial charge in [-0.3, -0.25) is 4.79 Å². The number of amides is 1. The SMILES string of the molecule is CCn1c(CCC(N)=O)nnc1SCc1cccc(C(=O)O)c1. The van der Waals surface area contributed by atoms with Crippen LogP contribution in [0.1, 0.15) is 35.1 Å². The molecule has 0 aliphatic carbocycles. The number of aryl methyl sites for hydroxylation is 1. The lowest BCUT2D eigenvalue weighted by atomic mass is 10.1. The maximum absolute atomic E-state index is 11.0. The number of carbonyl (C=O) groups excluding carboxylic acids is 1. The Morgan fingerprint density at radius 2 is 2.13 bits per heavy atom. The van der Waals surface area contributed by atoms with Gasteiger partial charge in [0.25, 0.3) is 0 Å². The van der Waals surface area contributed by atoms with Crippen molar-refractivity contribution in [1.82, 2.24) is 14.8 Å². The van der Waals surface area contributed by atoms with Crippen molar-refractivity contribution >= 4 is 23.6 Å². The van der Waals surface area contributed by atoms with Crippen molar-refractivity contribution < 1.29 is 14.7 Å². The number of carbonyl (C=O) groups is 2. The van der Waals surface area contributed by atoms with Gasteiger partial charge < -0.3 is 15.4 Å². The Labute approximate surface area is 137 Å². The number of hydrogen-bond acceptors (Lipinski definition) is 5. The number of nitrogens with two attached hydrogens (primary N) is 1. The van der Waals surface area contributed by atoms with Crippen LogP contribution in [0.4, 0.5) is 0 Å². The summed E-state index contributed by atoms with van der Waals surface area (Å²) in [5.41, 5.74) is 6.33. The standard InChI is InChI=1S/C15H18N4O3S/c1-2-19-13(7-6-12(16)20)17-18-15(19)23-9-10-4-3-5-11(8-10)14(21)22/h3-5,8H,2,6-7,9H2,1H3,(H2,16,20)(H,21,22). The van der Waals surface area contributed by atoms with Gasteiger partial charge in [0.15, 0.2) is 5.16 Å². The Morgan fingerprint density at radius 1 is 1.35 bits per heavy atom. The Kier molecular flexibility index (Phi) is 5.75. The largest absolute Gasteiger partial charge is 0.478 e. The minimum absolute atomic E-state index is 0.240.